The lowest BCUT2D eigenvalue weighted by Crippen LogP contribution is -2.52. The summed E-state index contributed by atoms with van der Waals surface area (Å²) >= 11 is 0. The third-order valence-electron chi connectivity index (χ3n) is 6.63. The normalized spacial score (nSPS) is 21.0. The van der Waals surface area contributed by atoms with Gasteiger partial charge in [-0.1, -0.05) is 48.5 Å². The summed E-state index contributed by atoms with van der Waals surface area (Å²) in [4.78, 5) is 21.7. The molecule has 2 atom stereocenters. The number of aliphatic imine (C=N–C) groups is 1. The van der Waals surface area contributed by atoms with Crippen molar-refractivity contribution in [1.82, 2.24) is 15.5 Å². The first kappa shape index (κ1) is 25.5. The van der Waals surface area contributed by atoms with Crippen LogP contribution in [0.25, 0.3) is 0 Å². The highest BCUT2D eigenvalue weighted by Crippen LogP contribution is 2.26. The van der Waals surface area contributed by atoms with Gasteiger partial charge in [0.2, 0.25) is 5.91 Å². The molecule has 2 aliphatic heterocycles. The Labute approximate surface area is 214 Å². The maximum Gasteiger partial charge on any atom is 0.246 e. The summed E-state index contributed by atoms with van der Waals surface area (Å²) in [7, 11) is 1.77. The Morgan fingerprint density at radius 1 is 1.09 bits per heavy atom. The van der Waals surface area contributed by atoms with E-state index in [1.54, 1.807) is 7.05 Å². The van der Waals surface area contributed by atoms with E-state index >= 15 is 0 Å². The summed E-state index contributed by atoms with van der Waals surface area (Å²) < 4.78 is 0. The number of aryl methyl sites for hydroxylation is 1. The van der Waals surface area contributed by atoms with E-state index in [9.17, 15) is 4.79 Å². The molecule has 0 bridgehead atoms. The summed E-state index contributed by atoms with van der Waals surface area (Å²) in [6.45, 7) is 5.36. The highest BCUT2D eigenvalue weighted by atomic mass is 127. The van der Waals surface area contributed by atoms with Gasteiger partial charge in [-0.3, -0.25) is 14.7 Å². The van der Waals surface area contributed by atoms with Crippen molar-refractivity contribution in [3.05, 3.63) is 65.7 Å². The van der Waals surface area contributed by atoms with E-state index in [0.29, 0.717) is 18.0 Å². The summed E-state index contributed by atoms with van der Waals surface area (Å²) in [5.74, 6) is 0.795. The number of amides is 1. The first-order valence-corrected chi connectivity index (χ1v) is 11.8. The van der Waals surface area contributed by atoms with Crippen molar-refractivity contribution in [3.8, 4) is 0 Å². The SMILES string of the molecule is CN=C(NCC(=O)N1CCCc2ccccc21)NC1CCN(Cc2ccccc2)C(C)C1.I. The van der Waals surface area contributed by atoms with E-state index in [1.165, 1.54) is 11.1 Å². The predicted molar refractivity (Wildman–Crippen MR) is 146 cm³/mol. The topological polar surface area (TPSA) is 60.0 Å². The fourth-order valence-corrected chi connectivity index (χ4v) is 4.84. The van der Waals surface area contributed by atoms with Gasteiger partial charge < -0.3 is 15.5 Å². The molecule has 0 aliphatic carbocycles. The van der Waals surface area contributed by atoms with Crippen LogP contribution in [0.4, 0.5) is 5.69 Å². The maximum absolute atomic E-state index is 12.9. The molecule has 0 radical (unpaired) electrons. The van der Waals surface area contributed by atoms with Crippen molar-refractivity contribution in [2.45, 2.75) is 51.2 Å². The van der Waals surface area contributed by atoms with E-state index in [0.717, 1.165) is 51.0 Å². The Kier molecular flexibility index (Phi) is 9.55. The monoisotopic (exact) mass is 561 g/mol. The molecule has 2 heterocycles. The highest BCUT2D eigenvalue weighted by molar-refractivity contribution is 14.0. The van der Waals surface area contributed by atoms with Crippen LogP contribution in [0, 0.1) is 0 Å². The van der Waals surface area contributed by atoms with Crippen LogP contribution in [0.1, 0.15) is 37.3 Å². The Morgan fingerprint density at radius 2 is 1.85 bits per heavy atom. The van der Waals surface area contributed by atoms with Gasteiger partial charge in [0, 0.05) is 44.5 Å². The zero-order valence-electron chi connectivity index (χ0n) is 19.7. The molecule has 2 aliphatic rings. The minimum absolute atomic E-state index is 0. The maximum atomic E-state index is 12.9. The third kappa shape index (κ3) is 6.69. The fraction of sp³-hybridized carbons (Fsp3) is 0.462. The van der Waals surface area contributed by atoms with Crippen LogP contribution in [-0.4, -0.2) is 55.5 Å². The van der Waals surface area contributed by atoms with E-state index in [2.05, 4.69) is 63.8 Å². The lowest BCUT2D eigenvalue weighted by Gasteiger charge is -2.38. The van der Waals surface area contributed by atoms with Crippen molar-refractivity contribution in [3.63, 3.8) is 0 Å². The smallest absolute Gasteiger partial charge is 0.246 e. The number of benzene rings is 2. The van der Waals surface area contributed by atoms with Gasteiger partial charge in [-0.05, 0) is 49.8 Å². The zero-order chi connectivity index (χ0) is 22.3. The molecule has 178 valence electrons. The van der Waals surface area contributed by atoms with Crippen LogP contribution in [0.15, 0.2) is 59.6 Å². The third-order valence-corrected chi connectivity index (χ3v) is 6.63. The molecule has 33 heavy (non-hydrogen) atoms. The highest BCUT2D eigenvalue weighted by Gasteiger charge is 2.26. The van der Waals surface area contributed by atoms with Crippen LogP contribution >= 0.6 is 24.0 Å². The van der Waals surface area contributed by atoms with Gasteiger partial charge >= 0.3 is 0 Å². The molecule has 1 saturated heterocycles. The molecule has 7 heteroatoms. The number of para-hydroxylation sites is 1. The molecule has 0 saturated carbocycles. The van der Waals surface area contributed by atoms with Crippen molar-refractivity contribution >= 4 is 41.5 Å². The molecule has 1 fully saturated rings. The Bertz CT molecular complexity index is 935. The number of nitrogens with zero attached hydrogens (tertiary/aromatic N) is 3. The molecule has 0 spiro atoms. The molecule has 2 N–H and O–H groups in total. The molecule has 6 nitrogen and oxygen atoms in total. The predicted octanol–water partition coefficient (Wildman–Crippen LogP) is 3.80. The zero-order valence-corrected chi connectivity index (χ0v) is 22.0. The van der Waals surface area contributed by atoms with Crippen LogP contribution < -0.4 is 15.5 Å². The number of carbonyl (C=O) groups excluding carboxylic acids is 1. The molecule has 1 amide bonds. The molecule has 4 rings (SSSR count). The van der Waals surface area contributed by atoms with E-state index < -0.39 is 0 Å². The number of likely N-dealkylation sites (tertiary alicyclic amines) is 1. The number of hydrogen-bond acceptors (Lipinski definition) is 3. The summed E-state index contributed by atoms with van der Waals surface area (Å²) in [6.07, 6.45) is 4.17. The second-order valence-corrected chi connectivity index (χ2v) is 8.87. The van der Waals surface area contributed by atoms with Gasteiger partial charge in [-0.15, -0.1) is 24.0 Å². The number of carbonyl (C=O) groups is 1. The molecular weight excluding hydrogens is 525 g/mol. The quantitative estimate of drug-likeness (QED) is 0.332. The van der Waals surface area contributed by atoms with Crippen LogP contribution in [-0.2, 0) is 17.8 Å². The number of fused-ring (bicyclic) bond motifs is 1. The number of rotatable bonds is 5. The number of piperidine rings is 1. The largest absolute Gasteiger partial charge is 0.354 e. The van der Waals surface area contributed by atoms with Crippen molar-refractivity contribution in [2.24, 2.45) is 4.99 Å². The Balaban J connectivity index is 0.00000306. The van der Waals surface area contributed by atoms with Crippen LogP contribution in [0.5, 0.6) is 0 Å². The number of anilines is 1. The van der Waals surface area contributed by atoms with E-state index in [4.69, 9.17) is 0 Å². The van der Waals surface area contributed by atoms with Gasteiger partial charge in [0.1, 0.15) is 0 Å². The van der Waals surface area contributed by atoms with Crippen molar-refractivity contribution in [1.29, 1.82) is 0 Å². The van der Waals surface area contributed by atoms with Gasteiger partial charge in [0.25, 0.3) is 0 Å². The second-order valence-electron chi connectivity index (χ2n) is 8.87. The molecule has 2 aromatic rings. The Hall–Kier alpha value is -2.13. The summed E-state index contributed by atoms with van der Waals surface area (Å²) in [5, 5.41) is 6.78. The number of guanidine groups is 1. The van der Waals surface area contributed by atoms with Crippen molar-refractivity contribution < 1.29 is 4.79 Å². The number of hydrogen-bond donors (Lipinski definition) is 2. The van der Waals surface area contributed by atoms with Gasteiger partial charge in [-0.2, -0.15) is 0 Å². The fourth-order valence-electron chi connectivity index (χ4n) is 4.84. The summed E-state index contributed by atoms with van der Waals surface area (Å²) in [5.41, 5.74) is 3.67. The van der Waals surface area contributed by atoms with E-state index in [-0.39, 0.29) is 36.4 Å². The molecule has 0 aromatic heterocycles. The second kappa shape index (κ2) is 12.4. The standard InChI is InChI=1S/C26H35N5O.HI/c1-20-17-23(14-16-30(20)19-21-9-4-3-5-10-21)29-26(27-2)28-18-25(32)31-15-8-12-22-11-6-7-13-24(22)31;/h3-7,9-11,13,20,23H,8,12,14-19H2,1-2H3,(H2,27,28,29);1H. The minimum atomic E-state index is 0. The number of halogens is 1. The van der Waals surface area contributed by atoms with Gasteiger partial charge in [0.05, 0.1) is 6.54 Å². The lowest BCUT2D eigenvalue weighted by molar-refractivity contribution is -0.117. The lowest BCUT2D eigenvalue weighted by atomic mass is 9.97. The first-order valence-electron chi connectivity index (χ1n) is 11.8. The molecule has 2 unspecified atom stereocenters. The van der Waals surface area contributed by atoms with E-state index in [1.807, 2.05) is 23.1 Å². The summed E-state index contributed by atoms with van der Waals surface area (Å²) in [6, 6.07) is 19.7. The van der Waals surface area contributed by atoms with Crippen LogP contribution in [0.2, 0.25) is 0 Å². The average molecular weight is 562 g/mol. The van der Waals surface area contributed by atoms with Gasteiger partial charge in [0.15, 0.2) is 5.96 Å². The van der Waals surface area contributed by atoms with Crippen LogP contribution in [0.3, 0.4) is 0 Å². The minimum Gasteiger partial charge on any atom is -0.354 e. The van der Waals surface area contributed by atoms with Gasteiger partial charge in [-0.25, -0.2) is 0 Å². The first-order chi connectivity index (χ1) is 15.6. The average Bonchev–Trinajstić information content (AvgIpc) is 2.83. The number of nitrogens with one attached hydrogen (secondary N) is 2. The molecular formula is C26H36IN5O. The Morgan fingerprint density at radius 3 is 2.61 bits per heavy atom. The molecule has 2 aromatic carbocycles. The van der Waals surface area contributed by atoms with Crippen molar-refractivity contribution in [2.75, 3.05) is 31.6 Å².